The lowest BCUT2D eigenvalue weighted by Crippen LogP contribution is -2.58. The second-order valence-corrected chi connectivity index (χ2v) is 9.49. The molecule has 2 aromatic carbocycles. The van der Waals surface area contributed by atoms with Gasteiger partial charge in [-0.3, -0.25) is 4.98 Å². The number of allylic oxidation sites excluding steroid dienone is 1. The minimum Gasteiger partial charge on any atom is -0.370 e. The predicted molar refractivity (Wildman–Crippen MR) is 127 cm³/mol. The molecule has 1 saturated heterocycles. The zero-order valence-corrected chi connectivity index (χ0v) is 18.2. The van der Waals surface area contributed by atoms with E-state index in [4.69, 9.17) is 0 Å². The molecule has 1 unspecified atom stereocenters. The van der Waals surface area contributed by atoms with Crippen LogP contribution in [0.1, 0.15) is 32.6 Å². The predicted octanol–water partition coefficient (Wildman–Crippen LogP) is 6.63. The Morgan fingerprint density at radius 1 is 1.13 bits per heavy atom. The minimum absolute atomic E-state index is 0.198. The van der Waals surface area contributed by atoms with Crippen molar-refractivity contribution in [3.63, 3.8) is 0 Å². The Hall–Kier alpha value is -2.88. The van der Waals surface area contributed by atoms with Crippen LogP contribution in [-0.4, -0.2) is 18.1 Å². The number of anilines is 2. The summed E-state index contributed by atoms with van der Waals surface area (Å²) < 4.78 is 13.8. The molecule has 0 amide bonds. The van der Waals surface area contributed by atoms with E-state index in [0.717, 1.165) is 41.1 Å². The minimum atomic E-state index is -0.198. The number of para-hydroxylation sites is 1. The molecule has 1 aromatic heterocycles. The second-order valence-electron chi connectivity index (χ2n) is 9.49. The Morgan fingerprint density at radius 2 is 1.87 bits per heavy atom. The third-order valence-corrected chi connectivity index (χ3v) is 7.50. The second kappa shape index (κ2) is 7.99. The van der Waals surface area contributed by atoms with Crippen LogP contribution in [-0.2, 0) is 0 Å². The van der Waals surface area contributed by atoms with Crippen molar-refractivity contribution in [2.24, 2.45) is 17.3 Å². The molecule has 0 bridgehead atoms. The van der Waals surface area contributed by atoms with Crippen LogP contribution in [0.4, 0.5) is 15.8 Å². The molecule has 2 aliphatic rings. The first-order valence-electron chi connectivity index (χ1n) is 11.3. The fourth-order valence-corrected chi connectivity index (χ4v) is 5.49. The van der Waals surface area contributed by atoms with E-state index in [2.05, 4.69) is 40.8 Å². The molecule has 2 fully saturated rings. The first-order valence-corrected chi connectivity index (χ1v) is 11.3. The van der Waals surface area contributed by atoms with Gasteiger partial charge >= 0.3 is 0 Å². The van der Waals surface area contributed by atoms with Gasteiger partial charge < -0.3 is 10.2 Å². The summed E-state index contributed by atoms with van der Waals surface area (Å²) in [6, 6.07) is 17.2. The number of hydrogen-bond donors (Lipinski definition) is 1. The third kappa shape index (κ3) is 3.91. The third-order valence-electron chi connectivity index (χ3n) is 7.50. The van der Waals surface area contributed by atoms with Gasteiger partial charge in [-0.15, -0.1) is 0 Å². The smallest absolute Gasteiger partial charge is 0.124 e. The fourth-order valence-electron chi connectivity index (χ4n) is 5.49. The van der Waals surface area contributed by atoms with Crippen LogP contribution in [0.5, 0.6) is 0 Å². The Labute approximate surface area is 184 Å². The highest BCUT2D eigenvalue weighted by Gasteiger charge is 2.46. The normalized spacial score (nSPS) is 19.2. The van der Waals surface area contributed by atoms with Crippen molar-refractivity contribution in [1.82, 2.24) is 4.98 Å². The van der Waals surface area contributed by atoms with E-state index >= 15 is 0 Å². The molecular weight excluding hydrogens is 385 g/mol. The van der Waals surface area contributed by atoms with E-state index in [0.29, 0.717) is 17.3 Å². The van der Waals surface area contributed by atoms with Gasteiger partial charge in [0.05, 0.1) is 5.52 Å². The van der Waals surface area contributed by atoms with Crippen molar-refractivity contribution in [2.75, 3.05) is 23.3 Å². The number of hydrogen-bond acceptors (Lipinski definition) is 3. The molecule has 0 radical (unpaired) electrons. The molecule has 1 spiro atoms. The molecule has 3 nitrogen and oxygen atoms in total. The van der Waals surface area contributed by atoms with Crippen molar-refractivity contribution in [1.29, 1.82) is 0 Å². The van der Waals surface area contributed by atoms with Gasteiger partial charge in [-0.05, 0) is 73.9 Å². The van der Waals surface area contributed by atoms with Gasteiger partial charge in [-0.25, -0.2) is 4.39 Å². The van der Waals surface area contributed by atoms with E-state index < -0.39 is 0 Å². The summed E-state index contributed by atoms with van der Waals surface area (Å²) in [7, 11) is 0. The van der Waals surface area contributed by atoms with Crippen LogP contribution in [0, 0.1) is 23.1 Å². The first-order chi connectivity index (χ1) is 15.0. The van der Waals surface area contributed by atoms with Crippen molar-refractivity contribution in [2.45, 2.75) is 32.6 Å². The molecule has 1 aliphatic heterocycles. The summed E-state index contributed by atoms with van der Waals surface area (Å²) in [5, 5.41) is 4.42. The Morgan fingerprint density at radius 3 is 2.61 bits per heavy atom. The Balaban J connectivity index is 1.19. The molecule has 1 aliphatic carbocycles. The molecule has 4 heteroatoms. The summed E-state index contributed by atoms with van der Waals surface area (Å²) >= 11 is 0. The van der Waals surface area contributed by atoms with Crippen LogP contribution in [0.25, 0.3) is 10.9 Å². The molecular formula is C27H30FN3. The number of nitrogens with zero attached hydrogens (tertiary/aromatic N) is 2. The van der Waals surface area contributed by atoms with Gasteiger partial charge in [0.1, 0.15) is 5.82 Å². The summed E-state index contributed by atoms with van der Waals surface area (Å²) in [6.07, 6.45) is 6.85. The lowest BCUT2D eigenvalue weighted by molar-refractivity contribution is 0.0963. The largest absolute Gasteiger partial charge is 0.370 e. The Bertz CT molecular complexity index is 1080. The van der Waals surface area contributed by atoms with Crippen molar-refractivity contribution in [3.8, 4) is 0 Å². The average Bonchev–Trinajstić information content (AvgIpc) is 2.77. The zero-order chi connectivity index (χ0) is 21.4. The number of pyridine rings is 1. The number of halogens is 1. The van der Waals surface area contributed by atoms with E-state index in [-0.39, 0.29) is 5.82 Å². The van der Waals surface area contributed by atoms with E-state index in [1.165, 1.54) is 31.7 Å². The topological polar surface area (TPSA) is 28.2 Å². The van der Waals surface area contributed by atoms with Gasteiger partial charge in [0.2, 0.25) is 0 Å². The fraction of sp³-hybridized carbons (Fsp3) is 0.370. The highest BCUT2D eigenvalue weighted by Crippen LogP contribution is 2.49. The quantitative estimate of drug-likeness (QED) is 0.507. The van der Waals surface area contributed by atoms with Crippen LogP contribution in [0.3, 0.4) is 0 Å². The summed E-state index contributed by atoms with van der Waals surface area (Å²) in [5.74, 6) is 0.941. The molecule has 31 heavy (non-hydrogen) atoms. The highest BCUT2D eigenvalue weighted by atomic mass is 19.1. The number of nitrogens with one attached hydrogen (secondary N) is 1. The molecule has 2 heterocycles. The van der Waals surface area contributed by atoms with Crippen molar-refractivity contribution < 1.29 is 4.39 Å². The maximum atomic E-state index is 13.8. The number of benzene rings is 2. The summed E-state index contributed by atoms with van der Waals surface area (Å²) in [5.41, 5.74) is 4.62. The lowest BCUT2D eigenvalue weighted by atomic mass is 9.63. The monoisotopic (exact) mass is 415 g/mol. The van der Waals surface area contributed by atoms with Gasteiger partial charge in [-0.1, -0.05) is 31.7 Å². The summed E-state index contributed by atoms with van der Waals surface area (Å²) in [4.78, 5) is 6.80. The van der Waals surface area contributed by atoms with Gasteiger partial charge in [0.25, 0.3) is 0 Å². The number of rotatable bonds is 5. The molecule has 5 rings (SSSR count). The molecule has 3 aromatic rings. The SMILES string of the molecule is C=C(Nc1ccccc1)C(C)C1CCC2(CC1)CN(c1ccnc3ccc(F)cc13)C2. The van der Waals surface area contributed by atoms with Crippen LogP contribution in [0.15, 0.2) is 73.1 Å². The lowest BCUT2D eigenvalue weighted by Gasteiger charge is -2.55. The zero-order valence-electron chi connectivity index (χ0n) is 18.2. The first kappa shape index (κ1) is 20.0. The molecule has 1 N–H and O–H groups in total. The van der Waals surface area contributed by atoms with Crippen LogP contribution < -0.4 is 10.2 Å². The average molecular weight is 416 g/mol. The number of fused-ring (bicyclic) bond motifs is 1. The Kier molecular flexibility index (Phi) is 5.17. The maximum Gasteiger partial charge on any atom is 0.124 e. The van der Waals surface area contributed by atoms with Crippen LogP contribution in [0.2, 0.25) is 0 Å². The molecule has 1 saturated carbocycles. The van der Waals surface area contributed by atoms with Gasteiger partial charge in [-0.2, -0.15) is 0 Å². The standard InChI is InChI=1S/C27H30FN3/c1-19(20(2)30-23-6-4-3-5-7-23)21-10-13-27(14-11-21)17-31(18-27)26-12-15-29-25-9-8-22(28)16-24(25)26/h3-9,12,15-16,19,21,30H,2,10-11,13-14,17-18H2,1H3. The summed E-state index contributed by atoms with van der Waals surface area (Å²) in [6.45, 7) is 8.76. The molecule has 1 atom stereocenters. The van der Waals surface area contributed by atoms with Gasteiger partial charge in [0.15, 0.2) is 0 Å². The molecule has 160 valence electrons. The van der Waals surface area contributed by atoms with E-state index in [1.54, 1.807) is 12.1 Å². The van der Waals surface area contributed by atoms with Crippen LogP contribution >= 0.6 is 0 Å². The van der Waals surface area contributed by atoms with Crippen molar-refractivity contribution >= 4 is 22.3 Å². The number of aromatic nitrogens is 1. The van der Waals surface area contributed by atoms with Gasteiger partial charge in [0, 0.05) is 47.2 Å². The highest BCUT2D eigenvalue weighted by molar-refractivity contribution is 5.92. The van der Waals surface area contributed by atoms with E-state index in [1.807, 2.05) is 30.5 Å². The van der Waals surface area contributed by atoms with E-state index in [9.17, 15) is 4.39 Å². The maximum absolute atomic E-state index is 13.8. The van der Waals surface area contributed by atoms with Crippen molar-refractivity contribution in [3.05, 3.63) is 78.9 Å².